The van der Waals surface area contributed by atoms with E-state index in [1.54, 1.807) is 35.4 Å². The summed E-state index contributed by atoms with van der Waals surface area (Å²) in [6.45, 7) is 0. The first kappa shape index (κ1) is 10.5. The van der Waals surface area contributed by atoms with Crippen LogP contribution in [0.4, 0.5) is 0 Å². The molecular formula is C10H8ClN5. The Morgan fingerprint density at radius 2 is 1.75 bits per heavy atom. The van der Waals surface area contributed by atoms with Gasteiger partial charge in [0.05, 0.1) is 0 Å². The molecule has 0 spiro atoms. The smallest absolute Gasteiger partial charge is 0.153 e. The molecule has 80 valence electrons. The molecule has 0 aromatic carbocycles. The molecule has 0 aliphatic carbocycles. The Kier molecular flexibility index (Phi) is 3.40. The van der Waals surface area contributed by atoms with Crippen LogP contribution < -0.4 is 0 Å². The maximum atomic E-state index is 5.62. The third kappa shape index (κ3) is 2.74. The highest BCUT2D eigenvalue weighted by atomic mass is 35.5. The second kappa shape index (κ2) is 5.18. The molecule has 3 aromatic rings. The molecule has 0 amide bonds. The number of halogens is 1. The Hall–Kier alpha value is -2.01. The zero-order chi connectivity index (χ0) is 11.2. The summed E-state index contributed by atoms with van der Waals surface area (Å²) in [7, 11) is 0. The first-order chi connectivity index (χ1) is 7.86. The normalized spacial score (nSPS) is 9.56. The first-order valence-corrected chi connectivity index (χ1v) is 4.91. The average Bonchev–Trinajstić information content (AvgIpc) is 2.79. The lowest BCUT2D eigenvalue weighted by Gasteiger charge is -1.90. The first-order valence-electron chi connectivity index (χ1n) is 4.54. The van der Waals surface area contributed by atoms with Crippen molar-refractivity contribution in [1.29, 1.82) is 0 Å². The molecule has 6 heteroatoms. The highest BCUT2D eigenvalue weighted by molar-refractivity contribution is 6.29. The van der Waals surface area contributed by atoms with E-state index in [4.69, 9.17) is 11.6 Å². The van der Waals surface area contributed by atoms with E-state index in [-0.39, 0.29) is 0 Å². The van der Waals surface area contributed by atoms with Crippen LogP contribution in [0.25, 0.3) is 5.65 Å². The third-order valence-corrected chi connectivity index (χ3v) is 1.91. The van der Waals surface area contributed by atoms with Crippen molar-refractivity contribution in [3.8, 4) is 0 Å². The maximum absolute atomic E-state index is 5.62. The third-order valence-electron chi connectivity index (χ3n) is 1.71. The Morgan fingerprint density at radius 1 is 1.00 bits per heavy atom. The van der Waals surface area contributed by atoms with Crippen LogP contribution in [0.5, 0.6) is 0 Å². The van der Waals surface area contributed by atoms with Gasteiger partial charge in [-0.05, 0) is 24.3 Å². The summed E-state index contributed by atoms with van der Waals surface area (Å²) in [5.41, 5.74) is 0.810. The fourth-order valence-electron chi connectivity index (χ4n) is 1.05. The summed E-state index contributed by atoms with van der Waals surface area (Å²) in [5.74, 6) is 0. The van der Waals surface area contributed by atoms with E-state index in [0.29, 0.717) is 5.15 Å². The van der Waals surface area contributed by atoms with Gasteiger partial charge < -0.3 is 0 Å². The molecule has 3 heterocycles. The van der Waals surface area contributed by atoms with E-state index in [9.17, 15) is 0 Å². The standard InChI is InChI=1S/C6H4ClN3.C4H4N2/c7-5-1-2-6-8-3-4-10(6)9-5;1-2-4-6-5-3-1/h1-4H;1-4H. The van der Waals surface area contributed by atoms with Crippen LogP contribution in [-0.4, -0.2) is 24.8 Å². The summed E-state index contributed by atoms with van der Waals surface area (Å²) in [4.78, 5) is 4.00. The van der Waals surface area contributed by atoms with Crippen molar-refractivity contribution >= 4 is 17.2 Å². The zero-order valence-electron chi connectivity index (χ0n) is 8.23. The SMILES string of the molecule is Clc1ccc2nccn2n1.c1ccnnc1. The highest BCUT2D eigenvalue weighted by Gasteiger charge is 1.92. The van der Waals surface area contributed by atoms with Gasteiger partial charge in [0.2, 0.25) is 0 Å². The number of fused-ring (bicyclic) bond motifs is 1. The fourth-order valence-corrected chi connectivity index (χ4v) is 1.19. The molecule has 0 N–H and O–H groups in total. The molecule has 0 unspecified atom stereocenters. The van der Waals surface area contributed by atoms with E-state index in [0.717, 1.165) is 5.65 Å². The minimum absolute atomic E-state index is 0.477. The lowest BCUT2D eigenvalue weighted by molar-refractivity contribution is 0.936. The molecule has 16 heavy (non-hydrogen) atoms. The van der Waals surface area contributed by atoms with Gasteiger partial charge in [0, 0.05) is 24.8 Å². The van der Waals surface area contributed by atoms with Crippen molar-refractivity contribution in [3.05, 3.63) is 54.2 Å². The van der Waals surface area contributed by atoms with Crippen molar-refractivity contribution in [2.75, 3.05) is 0 Å². The molecule has 3 aromatic heterocycles. The summed E-state index contributed by atoms with van der Waals surface area (Å²) in [6, 6.07) is 7.18. The Labute approximate surface area is 96.7 Å². The van der Waals surface area contributed by atoms with E-state index in [1.165, 1.54) is 0 Å². The van der Waals surface area contributed by atoms with Gasteiger partial charge in [-0.2, -0.15) is 15.3 Å². The molecular weight excluding hydrogens is 226 g/mol. The second-order valence-corrected chi connectivity index (χ2v) is 3.19. The minimum Gasteiger partial charge on any atom is -0.236 e. The van der Waals surface area contributed by atoms with Gasteiger partial charge in [-0.25, -0.2) is 9.50 Å². The van der Waals surface area contributed by atoms with Crippen LogP contribution in [0.1, 0.15) is 0 Å². The Morgan fingerprint density at radius 3 is 2.38 bits per heavy atom. The largest absolute Gasteiger partial charge is 0.236 e. The van der Waals surface area contributed by atoms with Crippen LogP contribution in [0, 0.1) is 0 Å². The number of rotatable bonds is 0. The van der Waals surface area contributed by atoms with Crippen molar-refractivity contribution in [2.45, 2.75) is 0 Å². The molecule has 0 saturated heterocycles. The van der Waals surface area contributed by atoms with Crippen LogP contribution >= 0.6 is 11.6 Å². The van der Waals surface area contributed by atoms with Crippen molar-refractivity contribution < 1.29 is 0 Å². The zero-order valence-corrected chi connectivity index (χ0v) is 8.99. The molecule has 0 radical (unpaired) electrons. The molecule has 0 bridgehead atoms. The monoisotopic (exact) mass is 233 g/mol. The van der Waals surface area contributed by atoms with Crippen LogP contribution in [0.15, 0.2) is 49.1 Å². The quantitative estimate of drug-likeness (QED) is 0.595. The van der Waals surface area contributed by atoms with E-state index in [1.807, 2.05) is 18.2 Å². The Balaban J connectivity index is 0.000000138. The van der Waals surface area contributed by atoms with Gasteiger partial charge in [0.15, 0.2) is 5.65 Å². The topological polar surface area (TPSA) is 56.0 Å². The van der Waals surface area contributed by atoms with Crippen molar-refractivity contribution in [3.63, 3.8) is 0 Å². The predicted octanol–water partition coefficient (Wildman–Crippen LogP) is 1.86. The van der Waals surface area contributed by atoms with E-state index >= 15 is 0 Å². The molecule has 0 aliphatic rings. The number of hydrogen-bond acceptors (Lipinski definition) is 4. The van der Waals surface area contributed by atoms with Gasteiger partial charge in [0.1, 0.15) is 5.15 Å². The van der Waals surface area contributed by atoms with E-state index < -0.39 is 0 Å². The van der Waals surface area contributed by atoms with Gasteiger partial charge in [-0.15, -0.1) is 0 Å². The molecule has 3 rings (SSSR count). The molecule has 5 nitrogen and oxygen atoms in total. The van der Waals surface area contributed by atoms with Crippen LogP contribution in [-0.2, 0) is 0 Å². The van der Waals surface area contributed by atoms with Gasteiger partial charge in [-0.3, -0.25) is 0 Å². The summed E-state index contributed by atoms with van der Waals surface area (Å²) >= 11 is 5.62. The van der Waals surface area contributed by atoms with Crippen LogP contribution in [0.2, 0.25) is 5.15 Å². The van der Waals surface area contributed by atoms with Gasteiger partial charge in [0.25, 0.3) is 0 Å². The fraction of sp³-hybridized carbons (Fsp3) is 0. The molecule has 0 atom stereocenters. The van der Waals surface area contributed by atoms with Gasteiger partial charge >= 0.3 is 0 Å². The number of imidazole rings is 1. The van der Waals surface area contributed by atoms with Crippen molar-refractivity contribution in [2.24, 2.45) is 0 Å². The molecule has 0 aliphatic heterocycles. The average molecular weight is 234 g/mol. The summed E-state index contributed by atoms with van der Waals surface area (Å²) in [6.07, 6.45) is 6.71. The predicted molar refractivity (Wildman–Crippen MR) is 60.0 cm³/mol. The van der Waals surface area contributed by atoms with Crippen molar-refractivity contribution in [1.82, 2.24) is 24.8 Å². The maximum Gasteiger partial charge on any atom is 0.153 e. The molecule has 0 fully saturated rings. The van der Waals surface area contributed by atoms with Gasteiger partial charge in [-0.1, -0.05) is 11.6 Å². The lowest BCUT2D eigenvalue weighted by atomic mass is 10.6. The second-order valence-electron chi connectivity index (χ2n) is 2.80. The number of aromatic nitrogens is 5. The summed E-state index contributed by atoms with van der Waals surface area (Å²) in [5, 5.41) is 11.5. The van der Waals surface area contributed by atoms with Crippen LogP contribution in [0.3, 0.4) is 0 Å². The minimum atomic E-state index is 0.477. The number of nitrogens with zero attached hydrogens (tertiary/aromatic N) is 5. The molecule has 0 saturated carbocycles. The highest BCUT2D eigenvalue weighted by Crippen LogP contribution is 2.04. The lowest BCUT2D eigenvalue weighted by Crippen LogP contribution is -1.88. The Bertz CT molecular complexity index is 524. The van der Waals surface area contributed by atoms with E-state index in [2.05, 4.69) is 20.3 Å². The summed E-state index contributed by atoms with van der Waals surface area (Å²) < 4.78 is 1.63. The number of hydrogen-bond donors (Lipinski definition) is 0.